The first-order valence-corrected chi connectivity index (χ1v) is 8.55. The molecule has 0 fully saturated rings. The van der Waals surface area contributed by atoms with Crippen LogP contribution >= 0.6 is 23.2 Å². The summed E-state index contributed by atoms with van der Waals surface area (Å²) in [5, 5.41) is 0.819. The van der Waals surface area contributed by atoms with Crippen molar-refractivity contribution in [1.82, 2.24) is 0 Å². The average molecular weight is 315 g/mol. The van der Waals surface area contributed by atoms with Gasteiger partial charge in [0.15, 0.2) is 0 Å². The fraction of sp³-hybridized carbons (Fsp3) is 0.647. The van der Waals surface area contributed by atoms with Gasteiger partial charge in [-0.25, -0.2) is 0 Å². The van der Waals surface area contributed by atoms with Crippen LogP contribution in [0, 0.1) is 5.41 Å². The first kappa shape index (κ1) is 16.0. The lowest BCUT2D eigenvalue weighted by Crippen LogP contribution is -2.25. The third-order valence-corrected chi connectivity index (χ3v) is 5.27. The lowest BCUT2D eigenvalue weighted by molar-refractivity contribution is 0.273. The van der Waals surface area contributed by atoms with E-state index in [0.717, 1.165) is 36.6 Å². The molecule has 1 aliphatic rings. The van der Waals surface area contributed by atoms with E-state index in [4.69, 9.17) is 27.9 Å². The SMILES string of the molecule is CCCCC(CC)(CCl)Cc1cc(Cl)cc2c1OCC2. The van der Waals surface area contributed by atoms with Crippen molar-refractivity contribution in [3.63, 3.8) is 0 Å². The summed E-state index contributed by atoms with van der Waals surface area (Å²) >= 11 is 12.6. The molecule has 1 unspecified atom stereocenters. The number of hydrogen-bond acceptors (Lipinski definition) is 1. The molecule has 0 amide bonds. The molecule has 0 saturated carbocycles. The van der Waals surface area contributed by atoms with Gasteiger partial charge in [0, 0.05) is 17.3 Å². The van der Waals surface area contributed by atoms with E-state index in [2.05, 4.69) is 19.9 Å². The fourth-order valence-electron chi connectivity index (χ4n) is 3.03. The minimum Gasteiger partial charge on any atom is -0.493 e. The Morgan fingerprint density at radius 3 is 2.75 bits per heavy atom. The van der Waals surface area contributed by atoms with Crippen molar-refractivity contribution >= 4 is 23.2 Å². The summed E-state index contributed by atoms with van der Waals surface area (Å²) in [5.41, 5.74) is 2.66. The molecule has 0 spiro atoms. The summed E-state index contributed by atoms with van der Waals surface area (Å²) in [6.07, 6.45) is 6.64. The van der Waals surface area contributed by atoms with Gasteiger partial charge in [0.1, 0.15) is 5.75 Å². The number of hydrogen-bond donors (Lipinski definition) is 0. The van der Waals surface area contributed by atoms with Crippen molar-refractivity contribution in [2.75, 3.05) is 12.5 Å². The Morgan fingerprint density at radius 1 is 1.30 bits per heavy atom. The Kier molecular flexibility index (Phi) is 5.63. The summed E-state index contributed by atoms with van der Waals surface area (Å²) in [6, 6.07) is 4.10. The molecule has 1 aromatic carbocycles. The molecular weight excluding hydrogens is 291 g/mol. The van der Waals surface area contributed by atoms with Crippen molar-refractivity contribution in [3.05, 3.63) is 28.3 Å². The number of alkyl halides is 1. The molecule has 3 heteroatoms. The second-order valence-electron chi connectivity index (χ2n) is 5.92. The Bertz CT molecular complexity index is 453. The Labute approximate surface area is 132 Å². The summed E-state index contributed by atoms with van der Waals surface area (Å²) in [6.45, 7) is 5.25. The van der Waals surface area contributed by atoms with E-state index >= 15 is 0 Å². The molecule has 1 heterocycles. The van der Waals surface area contributed by atoms with E-state index in [9.17, 15) is 0 Å². The fourth-order valence-corrected chi connectivity index (χ4v) is 3.71. The van der Waals surface area contributed by atoms with Crippen LogP contribution in [-0.4, -0.2) is 12.5 Å². The molecule has 0 aliphatic carbocycles. The zero-order valence-electron chi connectivity index (χ0n) is 12.5. The standard InChI is InChI=1S/C17H24Cl2O/c1-3-5-7-17(4-2,12-18)11-14-10-15(19)9-13-6-8-20-16(13)14/h9-10H,3-8,11-12H2,1-2H3. The highest BCUT2D eigenvalue weighted by Gasteiger charge is 2.30. The van der Waals surface area contributed by atoms with Gasteiger partial charge in [0.2, 0.25) is 0 Å². The summed E-state index contributed by atoms with van der Waals surface area (Å²) < 4.78 is 5.82. The van der Waals surface area contributed by atoms with E-state index in [-0.39, 0.29) is 5.41 Å². The second kappa shape index (κ2) is 7.04. The minimum atomic E-state index is 0.169. The molecule has 1 aromatic rings. The summed E-state index contributed by atoms with van der Waals surface area (Å²) in [5.74, 6) is 1.76. The van der Waals surface area contributed by atoms with E-state index in [1.807, 2.05) is 6.07 Å². The predicted molar refractivity (Wildman–Crippen MR) is 87.3 cm³/mol. The van der Waals surface area contributed by atoms with Crippen LogP contribution in [0.1, 0.15) is 50.7 Å². The van der Waals surface area contributed by atoms with E-state index < -0.39 is 0 Å². The van der Waals surface area contributed by atoms with Gasteiger partial charge in [0.05, 0.1) is 6.61 Å². The lowest BCUT2D eigenvalue weighted by Gasteiger charge is -2.31. The molecule has 0 N–H and O–H groups in total. The van der Waals surface area contributed by atoms with Crippen molar-refractivity contribution in [1.29, 1.82) is 0 Å². The number of ether oxygens (including phenoxy) is 1. The Morgan fingerprint density at radius 2 is 2.10 bits per heavy atom. The van der Waals surface area contributed by atoms with Crippen LogP contribution in [0.25, 0.3) is 0 Å². The number of rotatable bonds is 7. The van der Waals surface area contributed by atoms with Gasteiger partial charge in [-0.3, -0.25) is 0 Å². The quantitative estimate of drug-likeness (QED) is 0.591. The number of fused-ring (bicyclic) bond motifs is 1. The molecule has 0 bridgehead atoms. The smallest absolute Gasteiger partial charge is 0.125 e. The molecule has 0 radical (unpaired) electrons. The zero-order chi connectivity index (χ0) is 14.6. The van der Waals surface area contributed by atoms with Crippen LogP contribution in [0.4, 0.5) is 0 Å². The highest BCUT2D eigenvalue weighted by Crippen LogP contribution is 2.40. The van der Waals surface area contributed by atoms with Gasteiger partial charge in [0.25, 0.3) is 0 Å². The third kappa shape index (κ3) is 3.43. The van der Waals surface area contributed by atoms with Crippen LogP contribution in [0.5, 0.6) is 5.75 Å². The maximum Gasteiger partial charge on any atom is 0.125 e. The molecule has 20 heavy (non-hydrogen) atoms. The first-order chi connectivity index (χ1) is 9.64. The van der Waals surface area contributed by atoms with Crippen molar-refractivity contribution in [2.45, 2.75) is 52.4 Å². The molecule has 2 rings (SSSR count). The highest BCUT2D eigenvalue weighted by atomic mass is 35.5. The molecule has 1 aliphatic heterocycles. The number of unbranched alkanes of at least 4 members (excludes halogenated alkanes) is 1. The van der Waals surface area contributed by atoms with Gasteiger partial charge in [-0.15, -0.1) is 11.6 Å². The summed E-state index contributed by atoms with van der Waals surface area (Å²) in [7, 11) is 0. The molecule has 1 atom stereocenters. The maximum absolute atomic E-state index is 6.33. The highest BCUT2D eigenvalue weighted by molar-refractivity contribution is 6.30. The molecule has 0 aromatic heterocycles. The van der Waals surface area contributed by atoms with Gasteiger partial charge in [-0.2, -0.15) is 0 Å². The van der Waals surface area contributed by atoms with Gasteiger partial charge >= 0.3 is 0 Å². The lowest BCUT2D eigenvalue weighted by atomic mass is 9.76. The van der Waals surface area contributed by atoms with Gasteiger partial charge < -0.3 is 4.74 Å². The third-order valence-electron chi connectivity index (χ3n) is 4.48. The van der Waals surface area contributed by atoms with Crippen LogP contribution in [-0.2, 0) is 12.8 Å². The van der Waals surface area contributed by atoms with E-state index in [1.165, 1.54) is 30.4 Å². The monoisotopic (exact) mass is 314 g/mol. The van der Waals surface area contributed by atoms with Crippen molar-refractivity contribution in [2.24, 2.45) is 5.41 Å². The predicted octanol–water partition coefficient (Wildman–Crippen LogP) is 5.64. The average Bonchev–Trinajstić information content (AvgIpc) is 2.91. The number of benzene rings is 1. The van der Waals surface area contributed by atoms with Crippen LogP contribution in [0.2, 0.25) is 5.02 Å². The first-order valence-electron chi connectivity index (χ1n) is 7.64. The summed E-state index contributed by atoms with van der Waals surface area (Å²) in [4.78, 5) is 0. The largest absolute Gasteiger partial charge is 0.493 e. The Balaban J connectivity index is 2.27. The maximum atomic E-state index is 6.33. The van der Waals surface area contributed by atoms with Crippen molar-refractivity contribution in [3.8, 4) is 5.75 Å². The van der Waals surface area contributed by atoms with Crippen LogP contribution in [0.15, 0.2) is 12.1 Å². The minimum absolute atomic E-state index is 0.169. The van der Waals surface area contributed by atoms with E-state index in [0.29, 0.717) is 5.88 Å². The topological polar surface area (TPSA) is 9.23 Å². The van der Waals surface area contributed by atoms with E-state index in [1.54, 1.807) is 0 Å². The molecular formula is C17H24Cl2O. The van der Waals surface area contributed by atoms with Gasteiger partial charge in [-0.05, 0) is 47.9 Å². The second-order valence-corrected chi connectivity index (χ2v) is 6.62. The Hall–Kier alpha value is -0.400. The van der Waals surface area contributed by atoms with Gasteiger partial charge in [-0.1, -0.05) is 38.3 Å². The molecule has 1 nitrogen and oxygen atoms in total. The molecule has 112 valence electrons. The van der Waals surface area contributed by atoms with Crippen LogP contribution in [0.3, 0.4) is 0 Å². The van der Waals surface area contributed by atoms with Crippen LogP contribution < -0.4 is 4.74 Å². The molecule has 0 saturated heterocycles. The number of halogens is 2. The normalized spacial score (nSPS) is 16.6. The van der Waals surface area contributed by atoms with Crippen molar-refractivity contribution < 1.29 is 4.74 Å². The zero-order valence-corrected chi connectivity index (χ0v) is 14.0.